The Balaban J connectivity index is 2.40. The zero-order valence-electron chi connectivity index (χ0n) is 8.85. The summed E-state index contributed by atoms with van der Waals surface area (Å²) in [6.45, 7) is 0. The molecule has 1 heterocycles. The molecule has 92 valence electrons. The summed E-state index contributed by atoms with van der Waals surface area (Å²) in [6, 6.07) is 10.3. The molecule has 1 aliphatic rings. The Morgan fingerprint density at radius 1 is 0.944 bits per heavy atom. The maximum Gasteiger partial charge on any atom is 0.215 e. The third-order valence-electron chi connectivity index (χ3n) is 2.64. The number of ether oxygens (including phenoxy) is 1. The number of halogens is 2. The molecule has 0 spiro atoms. The summed E-state index contributed by atoms with van der Waals surface area (Å²) in [7, 11) is -3.49. The largest absolute Gasteiger partial charge is 0.455 e. The highest BCUT2D eigenvalue weighted by molar-refractivity contribution is 14.1. The molecule has 0 atom stereocenters. The van der Waals surface area contributed by atoms with Gasteiger partial charge in [0.1, 0.15) is 21.3 Å². The van der Waals surface area contributed by atoms with Crippen LogP contribution in [0, 0.1) is 7.14 Å². The van der Waals surface area contributed by atoms with Crippen molar-refractivity contribution in [2.24, 2.45) is 0 Å². The van der Waals surface area contributed by atoms with Gasteiger partial charge in [0.2, 0.25) is 9.84 Å². The average molecular weight is 484 g/mol. The van der Waals surface area contributed by atoms with Crippen LogP contribution >= 0.6 is 45.2 Å². The van der Waals surface area contributed by atoms with Crippen molar-refractivity contribution in [3.8, 4) is 11.5 Å². The van der Waals surface area contributed by atoms with E-state index in [1.807, 2.05) is 28.7 Å². The van der Waals surface area contributed by atoms with Crippen LogP contribution in [0.15, 0.2) is 46.2 Å². The quantitative estimate of drug-likeness (QED) is 0.456. The number of fused-ring (bicyclic) bond motifs is 2. The van der Waals surface area contributed by atoms with Crippen LogP contribution in [0.2, 0.25) is 0 Å². The lowest BCUT2D eigenvalue weighted by Gasteiger charge is -2.21. The summed E-state index contributed by atoms with van der Waals surface area (Å²) in [6.07, 6.45) is 0. The summed E-state index contributed by atoms with van der Waals surface area (Å²) >= 11 is 4.16. The maximum absolute atomic E-state index is 12.6. The molecule has 18 heavy (non-hydrogen) atoms. The first kappa shape index (κ1) is 12.7. The maximum atomic E-state index is 12.6. The minimum atomic E-state index is -3.49. The van der Waals surface area contributed by atoms with Crippen molar-refractivity contribution in [1.29, 1.82) is 0 Å². The highest BCUT2D eigenvalue weighted by Crippen LogP contribution is 2.45. The van der Waals surface area contributed by atoms with Crippen LogP contribution in [-0.4, -0.2) is 8.42 Å². The fourth-order valence-electron chi connectivity index (χ4n) is 1.83. The lowest BCUT2D eigenvalue weighted by molar-refractivity contribution is 0.441. The van der Waals surface area contributed by atoms with Crippen molar-refractivity contribution in [3.05, 3.63) is 43.5 Å². The minimum absolute atomic E-state index is 0.234. The highest BCUT2D eigenvalue weighted by Gasteiger charge is 2.33. The third-order valence-corrected chi connectivity index (χ3v) is 7.92. The summed E-state index contributed by atoms with van der Waals surface area (Å²) in [5.41, 5.74) is 0. The predicted octanol–water partition coefficient (Wildman–Crippen LogP) is 3.83. The molecule has 0 aromatic heterocycles. The zero-order chi connectivity index (χ0) is 12.9. The summed E-state index contributed by atoms with van der Waals surface area (Å²) in [5.74, 6) is 0.792. The first-order valence-electron chi connectivity index (χ1n) is 5.02. The molecule has 0 aliphatic carbocycles. The van der Waals surface area contributed by atoms with Crippen LogP contribution in [-0.2, 0) is 9.84 Å². The predicted molar refractivity (Wildman–Crippen MR) is 83.8 cm³/mol. The molecule has 0 fully saturated rings. The number of sulfone groups is 1. The number of hydrogen-bond acceptors (Lipinski definition) is 3. The SMILES string of the molecule is O=S1(=O)c2ccccc2Oc2ccc(I)c(I)c21. The molecule has 3 nitrogen and oxygen atoms in total. The topological polar surface area (TPSA) is 43.4 Å². The van der Waals surface area contributed by atoms with E-state index < -0.39 is 9.84 Å². The van der Waals surface area contributed by atoms with E-state index >= 15 is 0 Å². The monoisotopic (exact) mass is 484 g/mol. The van der Waals surface area contributed by atoms with Gasteiger partial charge in [-0.15, -0.1) is 0 Å². The standard InChI is InChI=1S/C12H6I2O3S/c13-7-5-6-9-12(11(7)14)18(15,16)10-4-2-1-3-8(10)17-9/h1-6H. The van der Waals surface area contributed by atoms with Gasteiger partial charge in [-0.3, -0.25) is 0 Å². The Kier molecular flexibility index (Phi) is 3.06. The van der Waals surface area contributed by atoms with Crippen LogP contribution in [0.4, 0.5) is 0 Å². The van der Waals surface area contributed by atoms with Gasteiger partial charge in [-0.25, -0.2) is 8.42 Å². The van der Waals surface area contributed by atoms with Gasteiger partial charge in [-0.2, -0.15) is 0 Å². The third kappa shape index (κ3) is 1.76. The molecule has 0 radical (unpaired) electrons. The van der Waals surface area contributed by atoms with E-state index in [2.05, 4.69) is 22.6 Å². The van der Waals surface area contributed by atoms with Gasteiger partial charge in [0.15, 0.2) is 0 Å². The van der Waals surface area contributed by atoms with Crippen LogP contribution < -0.4 is 4.74 Å². The molecule has 0 unspecified atom stereocenters. The van der Waals surface area contributed by atoms with E-state index in [1.165, 1.54) is 0 Å². The molecular weight excluding hydrogens is 478 g/mol. The van der Waals surface area contributed by atoms with Crippen LogP contribution in [0.25, 0.3) is 0 Å². The molecule has 1 aliphatic heterocycles. The first-order chi connectivity index (χ1) is 8.51. The fraction of sp³-hybridized carbons (Fsp3) is 0. The lowest BCUT2D eigenvalue weighted by Crippen LogP contribution is -2.13. The van der Waals surface area contributed by atoms with Crippen LogP contribution in [0.3, 0.4) is 0 Å². The Morgan fingerprint density at radius 3 is 2.44 bits per heavy atom. The number of hydrogen-bond donors (Lipinski definition) is 0. The smallest absolute Gasteiger partial charge is 0.215 e. The van der Waals surface area contributed by atoms with Crippen molar-refractivity contribution in [3.63, 3.8) is 0 Å². The molecular formula is C12H6I2O3S. The average Bonchev–Trinajstić information content (AvgIpc) is 2.33. The Hall–Kier alpha value is -0.350. The molecule has 0 saturated heterocycles. The van der Waals surface area contributed by atoms with E-state index in [9.17, 15) is 8.42 Å². The molecule has 0 saturated carbocycles. The van der Waals surface area contributed by atoms with Gasteiger partial charge in [0, 0.05) is 7.14 Å². The van der Waals surface area contributed by atoms with Crippen molar-refractivity contribution in [2.75, 3.05) is 0 Å². The summed E-state index contributed by atoms with van der Waals surface area (Å²) in [5, 5.41) is 0. The van der Waals surface area contributed by atoms with Crippen LogP contribution in [0.5, 0.6) is 11.5 Å². The number of benzene rings is 2. The van der Waals surface area contributed by atoms with Crippen molar-refractivity contribution in [2.45, 2.75) is 9.79 Å². The molecule has 0 N–H and O–H groups in total. The number of para-hydroxylation sites is 1. The van der Waals surface area contributed by atoms with E-state index in [0.29, 0.717) is 15.1 Å². The second-order valence-corrected chi connectivity index (χ2v) is 7.84. The lowest BCUT2D eigenvalue weighted by atomic mass is 10.3. The second kappa shape index (κ2) is 4.34. The molecule has 3 rings (SSSR count). The Labute approximate surface area is 132 Å². The Bertz CT molecular complexity index is 754. The summed E-state index contributed by atoms with van der Waals surface area (Å²) < 4.78 is 32.4. The van der Waals surface area contributed by atoms with Crippen molar-refractivity contribution >= 4 is 55.0 Å². The molecule has 0 bridgehead atoms. The molecule has 0 amide bonds. The second-order valence-electron chi connectivity index (χ2n) is 3.74. The van der Waals surface area contributed by atoms with E-state index in [0.717, 1.165) is 3.57 Å². The van der Waals surface area contributed by atoms with Gasteiger partial charge >= 0.3 is 0 Å². The molecule has 2 aromatic rings. The zero-order valence-corrected chi connectivity index (χ0v) is 14.0. The van der Waals surface area contributed by atoms with Gasteiger partial charge in [0.05, 0.1) is 0 Å². The number of rotatable bonds is 0. The fourth-order valence-corrected chi connectivity index (χ4v) is 5.35. The molecule has 2 aromatic carbocycles. The van der Waals surface area contributed by atoms with Gasteiger partial charge in [-0.1, -0.05) is 12.1 Å². The van der Waals surface area contributed by atoms with Gasteiger partial charge < -0.3 is 4.74 Å². The van der Waals surface area contributed by atoms with Crippen molar-refractivity contribution < 1.29 is 13.2 Å². The first-order valence-corrected chi connectivity index (χ1v) is 8.66. The van der Waals surface area contributed by atoms with Crippen LogP contribution in [0.1, 0.15) is 0 Å². The van der Waals surface area contributed by atoms with E-state index in [1.54, 1.807) is 30.3 Å². The Morgan fingerprint density at radius 2 is 1.67 bits per heavy atom. The van der Waals surface area contributed by atoms with E-state index in [-0.39, 0.29) is 9.79 Å². The van der Waals surface area contributed by atoms with Gasteiger partial charge in [-0.05, 0) is 69.4 Å². The van der Waals surface area contributed by atoms with E-state index in [4.69, 9.17) is 4.74 Å². The normalized spacial score (nSPS) is 15.4. The minimum Gasteiger partial charge on any atom is -0.455 e. The summed E-state index contributed by atoms with van der Waals surface area (Å²) in [4.78, 5) is 0.506. The van der Waals surface area contributed by atoms with Crippen molar-refractivity contribution in [1.82, 2.24) is 0 Å². The molecule has 6 heteroatoms. The highest BCUT2D eigenvalue weighted by atomic mass is 127. The van der Waals surface area contributed by atoms with Gasteiger partial charge in [0.25, 0.3) is 0 Å².